The molecule has 0 saturated heterocycles. The fourth-order valence-electron chi connectivity index (χ4n) is 2.03. The van der Waals surface area contributed by atoms with Crippen LogP contribution in [0.3, 0.4) is 0 Å². The van der Waals surface area contributed by atoms with Crippen LogP contribution in [0.25, 0.3) is 0 Å². The minimum absolute atomic E-state index is 0.0184. The fraction of sp³-hybridized carbons (Fsp3) is 0.250. The predicted molar refractivity (Wildman–Crippen MR) is 78.0 cm³/mol. The van der Waals surface area contributed by atoms with E-state index in [1.807, 2.05) is 49.4 Å². The van der Waals surface area contributed by atoms with Gasteiger partial charge in [0.25, 0.3) is 0 Å². The lowest BCUT2D eigenvalue weighted by molar-refractivity contribution is 0.281. The third-order valence-electron chi connectivity index (χ3n) is 3.04. The molecule has 3 N–H and O–H groups in total. The number of hydrogen-bond donors (Lipinski definition) is 2. The van der Waals surface area contributed by atoms with E-state index in [0.717, 1.165) is 11.1 Å². The highest BCUT2D eigenvalue weighted by atomic mass is 16.5. The Hall–Kier alpha value is -2.04. The molecule has 4 heteroatoms. The van der Waals surface area contributed by atoms with Gasteiger partial charge >= 0.3 is 0 Å². The van der Waals surface area contributed by atoms with Crippen molar-refractivity contribution in [3.8, 4) is 17.2 Å². The van der Waals surface area contributed by atoms with E-state index in [1.165, 1.54) is 0 Å². The maximum absolute atomic E-state index is 9.03. The summed E-state index contributed by atoms with van der Waals surface area (Å²) in [5, 5.41) is 9.03. The summed E-state index contributed by atoms with van der Waals surface area (Å²) >= 11 is 0. The fourth-order valence-corrected chi connectivity index (χ4v) is 2.03. The Kier molecular flexibility index (Phi) is 4.61. The van der Waals surface area contributed by atoms with Gasteiger partial charge in [-0.1, -0.05) is 18.2 Å². The molecule has 1 atom stereocenters. The Balaban J connectivity index is 2.32. The highest BCUT2D eigenvalue weighted by Gasteiger charge is 2.14. The predicted octanol–water partition coefficient (Wildman–Crippen LogP) is 3.00. The summed E-state index contributed by atoms with van der Waals surface area (Å²) in [6.07, 6.45) is 0. The van der Waals surface area contributed by atoms with Crippen LogP contribution in [0.1, 0.15) is 24.1 Å². The normalized spacial score (nSPS) is 12.0. The van der Waals surface area contributed by atoms with Crippen LogP contribution in [0, 0.1) is 0 Å². The first-order valence-corrected chi connectivity index (χ1v) is 6.46. The van der Waals surface area contributed by atoms with E-state index in [4.69, 9.17) is 20.3 Å². The maximum atomic E-state index is 9.03. The Morgan fingerprint density at radius 3 is 2.30 bits per heavy atom. The van der Waals surface area contributed by atoms with Gasteiger partial charge in [0.2, 0.25) is 0 Å². The summed E-state index contributed by atoms with van der Waals surface area (Å²) in [6, 6.07) is 12.7. The molecule has 106 valence electrons. The second-order valence-corrected chi connectivity index (χ2v) is 4.56. The molecule has 2 aromatic carbocycles. The smallest absolute Gasteiger partial charge is 0.135 e. The number of ether oxygens (including phenoxy) is 2. The molecule has 0 aliphatic heterocycles. The molecular weight excluding hydrogens is 254 g/mol. The van der Waals surface area contributed by atoms with E-state index in [2.05, 4.69) is 0 Å². The van der Waals surface area contributed by atoms with Gasteiger partial charge in [-0.15, -0.1) is 0 Å². The van der Waals surface area contributed by atoms with Crippen molar-refractivity contribution in [3.63, 3.8) is 0 Å². The van der Waals surface area contributed by atoms with Crippen LogP contribution in [0.5, 0.6) is 17.2 Å². The van der Waals surface area contributed by atoms with Crippen LogP contribution in [-0.4, -0.2) is 12.2 Å². The van der Waals surface area contributed by atoms with Gasteiger partial charge < -0.3 is 20.3 Å². The first kappa shape index (κ1) is 14.4. The maximum Gasteiger partial charge on any atom is 0.135 e. The molecule has 0 bridgehead atoms. The van der Waals surface area contributed by atoms with Crippen molar-refractivity contribution in [1.82, 2.24) is 0 Å². The van der Waals surface area contributed by atoms with Gasteiger partial charge in [0.15, 0.2) is 0 Å². The standard InChI is InChI=1S/C16H19NO3/c1-11(17)16-14(19-2)4-3-5-15(16)20-13-8-6-12(10-18)7-9-13/h3-9,11,18H,10,17H2,1-2H3. The molecule has 1 unspecified atom stereocenters. The van der Waals surface area contributed by atoms with Gasteiger partial charge in [-0.3, -0.25) is 0 Å². The zero-order valence-electron chi connectivity index (χ0n) is 11.7. The van der Waals surface area contributed by atoms with Gasteiger partial charge in [-0.25, -0.2) is 0 Å². The second-order valence-electron chi connectivity index (χ2n) is 4.56. The number of methoxy groups -OCH3 is 1. The van der Waals surface area contributed by atoms with Crippen molar-refractivity contribution in [3.05, 3.63) is 53.6 Å². The number of hydrogen-bond acceptors (Lipinski definition) is 4. The summed E-state index contributed by atoms with van der Waals surface area (Å²) in [7, 11) is 1.61. The highest BCUT2D eigenvalue weighted by molar-refractivity contribution is 5.48. The molecule has 0 radical (unpaired) electrons. The lowest BCUT2D eigenvalue weighted by Gasteiger charge is -2.17. The summed E-state index contributed by atoms with van der Waals surface area (Å²) in [4.78, 5) is 0. The van der Waals surface area contributed by atoms with Crippen LogP contribution in [0.2, 0.25) is 0 Å². The molecule has 0 aliphatic carbocycles. The van der Waals surface area contributed by atoms with Crippen molar-refractivity contribution in [2.75, 3.05) is 7.11 Å². The zero-order valence-corrected chi connectivity index (χ0v) is 11.7. The largest absolute Gasteiger partial charge is 0.496 e. The van der Waals surface area contributed by atoms with E-state index < -0.39 is 0 Å². The third-order valence-corrected chi connectivity index (χ3v) is 3.04. The molecule has 0 fully saturated rings. The molecule has 0 spiro atoms. The van der Waals surface area contributed by atoms with E-state index in [1.54, 1.807) is 7.11 Å². The molecule has 20 heavy (non-hydrogen) atoms. The molecular formula is C16H19NO3. The number of aliphatic hydroxyl groups is 1. The molecule has 0 aliphatic rings. The zero-order chi connectivity index (χ0) is 14.5. The Labute approximate surface area is 118 Å². The quantitative estimate of drug-likeness (QED) is 0.879. The number of nitrogens with two attached hydrogens (primary N) is 1. The van der Waals surface area contributed by atoms with E-state index >= 15 is 0 Å². The first-order chi connectivity index (χ1) is 9.65. The highest BCUT2D eigenvalue weighted by Crippen LogP contribution is 2.35. The molecule has 0 aromatic heterocycles. The Morgan fingerprint density at radius 2 is 1.75 bits per heavy atom. The molecule has 2 rings (SSSR count). The van der Waals surface area contributed by atoms with Gasteiger partial charge in [0.1, 0.15) is 17.2 Å². The molecule has 0 saturated carbocycles. The minimum atomic E-state index is -0.196. The topological polar surface area (TPSA) is 64.7 Å². The van der Waals surface area contributed by atoms with Crippen molar-refractivity contribution in [1.29, 1.82) is 0 Å². The Morgan fingerprint density at radius 1 is 1.10 bits per heavy atom. The summed E-state index contributed by atoms with van der Waals surface area (Å²) in [5.41, 5.74) is 7.67. The van der Waals surface area contributed by atoms with Crippen molar-refractivity contribution in [2.45, 2.75) is 19.6 Å². The van der Waals surface area contributed by atoms with Gasteiger partial charge in [-0.05, 0) is 36.8 Å². The second kappa shape index (κ2) is 6.41. The molecule has 2 aromatic rings. The average molecular weight is 273 g/mol. The first-order valence-electron chi connectivity index (χ1n) is 6.46. The molecule has 0 amide bonds. The minimum Gasteiger partial charge on any atom is -0.496 e. The monoisotopic (exact) mass is 273 g/mol. The van der Waals surface area contributed by atoms with Crippen LogP contribution in [0.15, 0.2) is 42.5 Å². The van der Waals surface area contributed by atoms with Crippen LogP contribution in [-0.2, 0) is 6.61 Å². The lowest BCUT2D eigenvalue weighted by Crippen LogP contribution is -2.08. The van der Waals surface area contributed by atoms with Crippen molar-refractivity contribution < 1.29 is 14.6 Å². The van der Waals surface area contributed by atoms with E-state index in [-0.39, 0.29) is 12.6 Å². The van der Waals surface area contributed by atoms with Gasteiger partial charge in [0, 0.05) is 6.04 Å². The molecule has 4 nitrogen and oxygen atoms in total. The van der Waals surface area contributed by atoms with Crippen LogP contribution < -0.4 is 15.2 Å². The van der Waals surface area contributed by atoms with Crippen LogP contribution >= 0.6 is 0 Å². The summed E-state index contributed by atoms with van der Waals surface area (Å²) in [5.74, 6) is 2.08. The SMILES string of the molecule is COc1cccc(Oc2ccc(CO)cc2)c1C(C)N. The summed E-state index contributed by atoms with van der Waals surface area (Å²) in [6.45, 7) is 1.91. The average Bonchev–Trinajstić information content (AvgIpc) is 2.47. The van der Waals surface area contributed by atoms with Crippen molar-refractivity contribution >= 4 is 0 Å². The number of rotatable bonds is 5. The summed E-state index contributed by atoms with van der Waals surface area (Å²) < 4.78 is 11.2. The van der Waals surface area contributed by atoms with E-state index in [9.17, 15) is 0 Å². The van der Waals surface area contributed by atoms with Gasteiger partial charge in [-0.2, -0.15) is 0 Å². The van der Waals surface area contributed by atoms with E-state index in [0.29, 0.717) is 17.2 Å². The van der Waals surface area contributed by atoms with Gasteiger partial charge in [0.05, 0.1) is 19.3 Å². The van der Waals surface area contributed by atoms with Crippen LogP contribution in [0.4, 0.5) is 0 Å². The van der Waals surface area contributed by atoms with Crippen molar-refractivity contribution in [2.24, 2.45) is 5.73 Å². The lowest BCUT2D eigenvalue weighted by atomic mass is 10.1. The third kappa shape index (κ3) is 3.10. The Bertz CT molecular complexity index is 564. The number of benzene rings is 2. The molecule has 0 heterocycles. The number of aliphatic hydroxyl groups excluding tert-OH is 1.